The van der Waals surface area contributed by atoms with Gasteiger partial charge in [0.2, 0.25) is 5.91 Å². The molecule has 0 aromatic heterocycles. The molecule has 1 aliphatic rings. The van der Waals surface area contributed by atoms with Crippen molar-refractivity contribution in [3.63, 3.8) is 0 Å². The van der Waals surface area contributed by atoms with Crippen molar-refractivity contribution in [2.45, 2.75) is 19.4 Å². The highest BCUT2D eigenvalue weighted by Crippen LogP contribution is 2.34. The van der Waals surface area contributed by atoms with Gasteiger partial charge in [0.25, 0.3) is 0 Å². The van der Waals surface area contributed by atoms with Crippen LogP contribution in [0, 0.1) is 17.7 Å². The van der Waals surface area contributed by atoms with E-state index < -0.39 is 17.8 Å². The van der Waals surface area contributed by atoms with Crippen LogP contribution >= 0.6 is 15.9 Å². The first-order valence-electron chi connectivity index (χ1n) is 5.93. The third-order valence-electron chi connectivity index (χ3n) is 3.32. The fraction of sp³-hybridized carbons (Fsp3) is 0.385. The summed E-state index contributed by atoms with van der Waals surface area (Å²) >= 11 is 3.17. The Balaban J connectivity index is 1.92. The lowest BCUT2D eigenvalue weighted by molar-refractivity contribution is -0.152. The minimum Gasteiger partial charge on any atom is -0.481 e. The molecule has 0 radical (unpaired) electrons. The van der Waals surface area contributed by atoms with Crippen molar-refractivity contribution in [1.29, 1.82) is 0 Å². The lowest BCUT2D eigenvalue weighted by Crippen LogP contribution is -2.43. The Morgan fingerprint density at radius 3 is 2.53 bits per heavy atom. The standard InChI is InChI=1S/C13H13BrFNO3/c14-8-3-7(4-9(15)5-8)6-16-12(17)10-1-2-11(10)13(18)19/h3-5,10-11H,1-2,6H2,(H,16,17)(H,18,19). The number of carbonyl (C=O) groups is 2. The lowest BCUT2D eigenvalue weighted by atomic mass is 9.73. The van der Waals surface area contributed by atoms with Gasteiger partial charge in [-0.05, 0) is 36.6 Å². The zero-order valence-electron chi connectivity index (χ0n) is 10.0. The molecule has 2 N–H and O–H groups in total. The maximum atomic E-state index is 13.1. The second-order valence-electron chi connectivity index (χ2n) is 4.62. The minimum absolute atomic E-state index is 0.192. The summed E-state index contributed by atoms with van der Waals surface area (Å²) in [6.07, 6.45) is 1.13. The molecule has 102 valence electrons. The smallest absolute Gasteiger partial charge is 0.307 e. The van der Waals surface area contributed by atoms with Gasteiger partial charge in [-0.15, -0.1) is 0 Å². The molecule has 1 amide bonds. The van der Waals surface area contributed by atoms with Gasteiger partial charge >= 0.3 is 5.97 Å². The van der Waals surface area contributed by atoms with Gasteiger partial charge in [0.1, 0.15) is 5.82 Å². The lowest BCUT2D eigenvalue weighted by Gasteiger charge is -2.31. The summed E-state index contributed by atoms with van der Waals surface area (Å²) in [6, 6.07) is 4.37. The molecule has 0 spiro atoms. The van der Waals surface area contributed by atoms with E-state index in [-0.39, 0.29) is 18.3 Å². The van der Waals surface area contributed by atoms with Gasteiger partial charge in [0.15, 0.2) is 0 Å². The molecule has 0 aliphatic heterocycles. The predicted octanol–water partition coefficient (Wildman–Crippen LogP) is 2.32. The Morgan fingerprint density at radius 2 is 2.00 bits per heavy atom. The van der Waals surface area contributed by atoms with E-state index in [9.17, 15) is 14.0 Å². The van der Waals surface area contributed by atoms with Gasteiger partial charge in [-0.2, -0.15) is 0 Å². The summed E-state index contributed by atoms with van der Waals surface area (Å²) in [5.74, 6) is -2.64. The van der Waals surface area contributed by atoms with E-state index in [0.717, 1.165) is 0 Å². The summed E-state index contributed by atoms with van der Waals surface area (Å²) in [4.78, 5) is 22.6. The van der Waals surface area contributed by atoms with Crippen molar-refractivity contribution in [3.05, 3.63) is 34.1 Å². The first-order valence-corrected chi connectivity index (χ1v) is 6.72. The molecule has 1 aromatic rings. The number of nitrogens with one attached hydrogen (secondary N) is 1. The molecule has 0 saturated heterocycles. The van der Waals surface area contributed by atoms with Crippen molar-refractivity contribution in [3.8, 4) is 0 Å². The van der Waals surface area contributed by atoms with Crippen LogP contribution in [-0.4, -0.2) is 17.0 Å². The molecule has 0 bridgehead atoms. The number of aliphatic carboxylic acids is 1. The number of hydrogen-bond donors (Lipinski definition) is 2. The maximum Gasteiger partial charge on any atom is 0.307 e. The quantitative estimate of drug-likeness (QED) is 0.890. The first kappa shape index (κ1) is 14.0. The molecule has 4 nitrogen and oxygen atoms in total. The van der Waals surface area contributed by atoms with Crippen LogP contribution in [-0.2, 0) is 16.1 Å². The number of halogens is 2. The molecular formula is C13H13BrFNO3. The number of hydrogen-bond acceptors (Lipinski definition) is 2. The normalized spacial score (nSPS) is 21.6. The first-order chi connectivity index (χ1) is 8.97. The van der Waals surface area contributed by atoms with Gasteiger partial charge in [-0.3, -0.25) is 9.59 Å². The average Bonchev–Trinajstić information content (AvgIpc) is 2.22. The maximum absolute atomic E-state index is 13.1. The molecular weight excluding hydrogens is 317 g/mol. The van der Waals surface area contributed by atoms with Gasteiger partial charge in [0.05, 0.1) is 11.8 Å². The molecule has 0 heterocycles. The Bertz CT molecular complexity index is 500. The van der Waals surface area contributed by atoms with Crippen molar-refractivity contribution < 1.29 is 19.1 Å². The molecule has 2 rings (SSSR count). The van der Waals surface area contributed by atoms with E-state index in [0.29, 0.717) is 22.9 Å². The zero-order valence-corrected chi connectivity index (χ0v) is 11.6. The second-order valence-corrected chi connectivity index (χ2v) is 5.54. The van der Waals surface area contributed by atoms with Crippen LogP contribution < -0.4 is 5.32 Å². The van der Waals surface area contributed by atoms with Crippen LogP contribution in [0.15, 0.2) is 22.7 Å². The topological polar surface area (TPSA) is 66.4 Å². The third-order valence-corrected chi connectivity index (χ3v) is 3.78. The van der Waals surface area contributed by atoms with Crippen molar-refractivity contribution in [2.24, 2.45) is 11.8 Å². The molecule has 1 saturated carbocycles. The van der Waals surface area contributed by atoms with E-state index in [1.54, 1.807) is 6.07 Å². The predicted molar refractivity (Wildman–Crippen MR) is 69.8 cm³/mol. The molecule has 2 unspecified atom stereocenters. The number of carbonyl (C=O) groups excluding carboxylic acids is 1. The number of carboxylic acid groups (broad SMARTS) is 1. The SMILES string of the molecule is O=C(O)C1CCC1C(=O)NCc1cc(F)cc(Br)c1. The second kappa shape index (κ2) is 5.69. The largest absolute Gasteiger partial charge is 0.481 e. The van der Waals surface area contributed by atoms with E-state index in [1.807, 2.05) is 0 Å². The summed E-state index contributed by atoms with van der Waals surface area (Å²) in [6.45, 7) is 0.192. The Morgan fingerprint density at radius 1 is 1.32 bits per heavy atom. The van der Waals surface area contributed by atoms with E-state index in [2.05, 4.69) is 21.2 Å². The van der Waals surface area contributed by atoms with Crippen molar-refractivity contribution in [1.82, 2.24) is 5.32 Å². The Hall–Kier alpha value is -1.43. The number of carboxylic acids is 1. The third kappa shape index (κ3) is 3.32. The van der Waals surface area contributed by atoms with Crippen molar-refractivity contribution in [2.75, 3.05) is 0 Å². The van der Waals surface area contributed by atoms with Gasteiger partial charge in [-0.1, -0.05) is 15.9 Å². The van der Waals surface area contributed by atoms with Gasteiger partial charge < -0.3 is 10.4 Å². The van der Waals surface area contributed by atoms with Gasteiger partial charge in [-0.25, -0.2) is 4.39 Å². The minimum atomic E-state index is -0.931. The fourth-order valence-electron chi connectivity index (χ4n) is 2.14. The Labute approximate surface area is 118 Å². The number of benzene rings is 1. The summed E-state index contributed by atoms with van der Waals surface area (Å²) in [5, 5.41) is 11.5. The summed E-state index contributed by atoms with van der Waals surface area (Å²) in [5.41, 5.74) is 0.631. The van der Waals surface area contributed by atoms with Crippen LogP contribution in [0.3, 0.4) is 0 Å². The van der Waals surface area contributed by atoms with Crippen LogP contribution in [0.5, 0.6) is 0 Å². The monoisotopic (exact) mass is 329 g/mol. The molecule has 2 atom stereocenters. The van der Waals surface area contributed by atoms with Gasteiger partial charge in [0, 0.05) is 11.0 Å². The highest BCUT2D eigenvalue weighted by molar-refractivity contribution is 9.10. The van der Waals surface area contributed by atoms with E-state index >= 15 is 0 Å². The zero-order chi connectivity index (χ0) is 14.0. The van der Waals surface area contributed by atoms with Crippen LogP contribution in [0.2, 0.25) is 0 Å². The van der Waals surface area contributed by atoms with E-state index in [4.69, 9.17) is 5.11 Å². The fourth-order valence-corrected chi connectivity index (χ4v) is 2.66. The van der Waals surface area contributed by atoms with Crippen LogP contribution in [0.4, 0.5) is 4.39 Å². The van der Waals surface area contributed by atoms with Crippen LogP contribution in [0.1, 0.15) is 18.4 Å². The molecule has 1 fully saturated rings. The average molecular weight is 330 g/mol. The highest BCUT2D eigenvalue weighted by atomic mass is 79.9. The van der Waals surface area contributed by atoms with Crippen molar-refractivity contribution >= 4 is 27.8 Å². The summed E-state index contributed by atoms with van der Waals surface area (Å²) < 4.78 is 13.7. The molecule has 19 heavy (non-hydrogen) atoms. The molecule has 1 aliphatic carbocycles. The highest BCUT2D eigenvalue weighted by Gasteiger charge is 2.41. The van der Waals surface area contributed by atoms with Crippen LogP contribution in [0.25, 0.3) is 0 Å². The molecule has 1 aromatic carbocycles. The molecule has 6 heteroatoms. The summed E-state index contributed by atoms with van der Waals surface area (Å²) in [7, 11) is 0. The Kier molecular flexibility index (Phi) is 4.19. The number of rotatable bonds is 4. The number of amides is 1. The van der Waals surface area contributed by atoms with E-state index in [1.165, 1.54) is 12.1 Å².